The molecule has 0 amide bonds. The molecule has 1 unspecified atom stereocenters. The summed E-state index contributed by atoms with van der Waals surface area (Å²) in [6.07, 6.45) is 10.0. The van der Waals surface area contributed by atoms with Crippen LogP contribution in [0.3, 0.4) is 0 Å². The first-order valence-corrected chi connectivity index (χ1v) is 5.77. The Balaban J connectivity index is 2.28. The van der Waals surface area contributed by atoms with Crippen molar-refractivity contribution in [2.45, 2.75) is 46.1 Å². The van der Waals surface area contributed by atoms with Gasteiger partial charge in [0.05, 0.1) is 6.33 Å². The molecule has 0 aliphatic rings. The minimum Gasteiger partial charge on any atom is -0.396 e. The van der Waals surface area contributed by atoms with Gasteiger partial charge in [0.1, 0.15) is 0 Å². The number of hydrogen-bond acceptors (Lipinski definition) is 2. The molecule has 0 bridgehead atoms. The van der Waals surface area contributed by atoms with Crippen LogP contribution in [0.1, 0.15) is 39.5 Å². The third kappa shape index (κ3) is 4.04. The second-order valence-electron chi connectivity index (χ2n) is 4.54. The molecule has 1 rings (SSSR count). The molecule has 0 saturated carbocycles. The first-order valence-electron chi connectivity index (χ1n) is 5.77. The molecule has 15 heavy (non-hydrogen) atoms. The van der Waals surface area contributed by atoms with Gasteiger partial charge in [0.25, 0.3) is 0 Å². The van der Waals surface area contributed by atoms with Crippen molar-refractivity contribution in [3.63, 3.8) is 0 Å². The summed E-state index contributed by atoms with van der Waals surface area (Å²) in [5.74, 6) is 0. The van der Waals surface area contributed by atoms with E-state index in [1.54, 1.807) is 0 Å². The normalized spacial score (nSPS) is 15.1. The second-order valence-corrected chi connectivity index (χ2v) is 4.54. The van der Waals surface area contributed by atoms with E-state index >= 15 is 0 Å². The predicted molar refractivity (Wildman–Crippen MR) is 61.6 cm³/mol. The molecular formula is C12H22N2O. The fraction of sp³-hybridized carbons (Fsp3) is 0.750. The first-order chi connectivity index (χ1) is 7.20. The lowest BCUT2D eigenvalue weighted by atomic mass is 9.80. The molecule has 3 nitrogen and oxygen atoms in total. The van der Waals surface area contributed by atoms with Gasteiger partial charge in [-0.15, -0.1) is 0 Å². The van der Waals surface area contributed by atoms with Crippen LogP contribution < -0.4 is 0 Å². The van der Waals surface area contributed by atoms with Crippen molar-refractivity contribution in [2.24, 2.45) is 5.41 Å². The van der Waals surface area contributed by atoms with Crippen molar-refractivity contribution in [3.05, 3.63) is 18.7 Å². The molecule has 1 N–H and O–H groups in total. The van der Waals surface area contributed by atoms with Gasteiger partial charge in [-0.1, -0.05) is 20.3 Å². The largest absolute Gasteiger partial charge is 0.396 e. The van der Waals surface area contributed by atoms with Crippen LogP contribution in [0.5, 0.6) is 0 Å². The summed E-state index contributed by atoms with van der Waals surface area (Å²) < 4.78 is 2.11. The van der Waals surface area contributed by atoms with Gasteiger partial charge in [-0.05, 0) is 24.7 Å². The number of rotatable bonds is 7. The number of aromatic nitrogens is 2. The Morgan fingerprint density at radius 1 is 1.40 bits per heavy atom. The topological polar surface area (TPSA) is 38.0 Å². The average molecular weight is 210 g/mol. The molecule has 0 saturated heterocycles. The Morgan fingerprint density at radius 2 is 2.20 bits per heavy atom. The predicted octanol–water partition coefficient (Wildman–Crippen LogP) is 2.46. The van der Waals surface area contributed by atoms with Crippen molar-refractivity contribution in [2.75, 3.05) is 6.61 Å². The minimum atomic E-state index is 0.301. The molecule has 1 heterocycles. The minimum absolute atomic E-state index is 0.301. The van der Waals surface area contributed by atoms with Gasteiger partial charge in [0, 0.05) is 25.5 Å². The zero-order valence-electron chi connectivity index (χ0n) is 9.82. The van der Waals surface area contributed by atoms with Gasteiger partial charge in [-0.2, -0.15) is 0 Å². The van der Waals surface area contributed by atoms with Crippen molar-refractivity contribution in [3.8, 4) is 0 Å². The Hall–Kier alpha value is -0.830. The van der Waals surface area contributed by atoms with E-state index in [1.165, 1.54) is 6.42 Å². The molecule has 86 valence electrons. The maximum atomic E-state index is 9.00. The molecule has 0 aliphatic carbocycles. The Morgan fingerprint density at radius 3 is 2.73 bits per heavy atom. The average Bonchev–Trinajstić information content (AvgIpc) is 2.71. The maximum Gasteiger partial charge on any atom is 0.0945 e. The quantitative estimate of drug-likeness (QED) is 0.750. The third-order valence-corrected chi connectivity index (χ3v) is 3.32. The van der Waals surface area contributed by atoms with Gasteiger partial charge in [-0.25, -0.2) is 4.98 Å². The van der Waals surface area contributed by atoms with Crippen molar-refractivity contribution < 1.29 is 5.11 Å². The summed E-state index contributed by atoms with van der Waals surface area (Å²) in [7, 11) is 0. The molecule has 1 aromatic heterocycles. The summed E-state index contributed by atoms with van der Waals surface area (Å²) >= 11 is 0. The second kappa shape index (κ2) is 5.91. The van der Waals surface area contributed by atoms with E-state index in [4.69, 9.17) is 5.11 Å². The van der Waals surface area contributed by atoms with Crippen molar-refractivity contribution >= 4 is 0 Å². The summed E-state index contributed by atoms with van der Waals surface area (Å²) in [5.41, 5.74) is 0.301. The molecule has 0 fully saturated rings. The van der Waals surface area contributed by atoms with Crippen molar-refractivity contribution in [1.29, 1.82) is 0 Å². The highest BCUT2D eigenvalue weighted by Crippen LogP contribution is 2.31. The number of aliphatic hydroxyl groups is 1. The van der Waals surface area contributed by atoms with Crippen molar-refractivity contribution in [1.82, 2.24) is 9.55 Å². The highest BCUT2D eigenvalue weighted by atomic mass is 16.3. The van der Waals surface area contributed by atoms with Gasteiger partial charge in [0.2, 0.25) is 0 Å². The Kier molecular flexibility index (Phi) is 4.82. The van der Waals surface area contributed by atoms with Gasteiger partial charge in [0.15, 0.2) is 0 Å². The number of aryl methyl sites for hydroxylation is 1. The van der Waals surface area contributed by atoms with Gasteiger partial charge >= 0.3 is 0 Å². The van der Waals surface area contributed by atoms with E-state index in [0.717, 1.165) is 25.8 Å². The third-order valence-electron chi connectivity index (χ3n) is 3.32. The molecule has 1 atom stereocenters. The molecule has 0 radical (unpaired) electrons. The van der Waals surface area contributed by atoms with E-state index in [1.807, 2.05) is 18.7 Å². The lowest BCUT2D eigenvalue weighted by Crippen LogP contribution is -2.17. The highest BCUT2D eigenvalue weighted by Gasteiger charge is 2.20. The summed E-state index contributed by atoms with van der Waals surface area (Å²) in [4.78, 5) is 4.02. The van der Waals surface area contributed by atoms with Crippen LogP contribution in [0.25, 0.3) is 0 Å². The SMILES string of the molecule is CCC(C)(CCO)CCCn1ccnc1. The zero-order valence-corrected chi connectivity index (χ0v) is 9.82. The fourth-order valence-electron chi connectivity index (χ4n) is 1.86. The standard InChI is InChI=1S/C12H22N2O/c1-3-12(2,6-10-15)5-4-8-14-9-7-13-11-14/h7,9,11,15H,3-6,8,10H2,1-2H3. The lowest BCUT2D eigenvalue weighted by molar-refractivity contribution is 0.176. The number of hydrogen-bond donors (Lipinski definition) is 1. The molecule has 0 spiro atoms. The van der Waals surface area contributed by atoms with Gasteiger partial charge < -0.3 is 9.67 Å². The monoisotopic (exact) mass is 210 g/mol. The molecular weight excluding hydrogens is 188 g/mol. The summed E-state index contributed by atoms with van der Waals surface area (Å²) in [5, 5.41) is 9.00. The molecule has 1 aromatic rings. The fourth-order valence-corrected chi connectivity index (χ4v) is 1.86. The van der Waals surface area contributed by atoms with E-state index in [2.05, 4.69) is 23.4 Å². The van der Waals surface area contributed by atoms with Gasteiger partial charge in [-0.3, -0.25) is 0 Å². The number of imidazole rings is 1. The smallest absolute Gasteiger partial charge is 0.0945 e. The van der Waals surface area contributed by atoms with E-state index in [9.17, 15) is 0 Å². The zero-order chi connectivity index (χ0) is 11.1. The van der Waals surface area contributed by atoms with Crippen LogP contribution >= 0.6 is 0 Å². The maximum absolute atomic E-state index is 9.00. The Labute approximate surface area is 92.1 Å². The Bertz CT molecular complexity index is 259. The van der Waals surface area contributed by atoms with Crippen LogP contribution in [0, 0.1) is 5.41 Å². The lowest BCUT2D eigenvalue weighted by Gasteiger charge is -2.27. The number of nitrogens with zero attached hydrogens (tertiary/aromatic N) is 2. The molecule has 3 heteroatoms. The number of aliphatic hydroxyl groups excluding tert-OH is 1. The summed E-state index contributed by atoms with van der Waals surface area (Å²) in [6, 6.07) is 0. The molecule has 0 aromatic carbocycles. The van der Waals surface area contributed by atoms with Crippen LogP contribution in [0.2, 0.25) is 0 Å². The first kappa shape index (κ1) is 12.2. The van der Waals surface area contributed by atoms with E-state index in [0.29, 0.717) is 12.0 Å². The van der Waals surface area contributed by atoms with Crippen LogP contribution in [0.4, 0.5) is 0 Å². The van der Waals surface area contributed by atoms with E-state index < -0.39 is 0 Å². The highest BCUT2D eigenvalue weighted by molar-refractivity contribution is 4.76. The van der Waals surface area contributed by atoms with Crippen LogP contribution in [-0.4, -0.2) is 21.3 Å². The van der Waals surface area contributed by atoms with Crippen LogP contribution in [0.15, 0.2) is 18.7 Å². The molecule has 0 aliphatic heterocycles. The van der Waals surface area contributed by atoms with Crippen LogP contribution in [-0.2, 0) is 6.54 Å². The van der Waals surface area contributed by atoms with E-state index in [-0.39, 0.29) is 0 Å². The summed E-state index contributed by atoms with van der Waals surface area (Å²) in [6.45, 7) is 5.79.